The van der Waals surface area contributed by atoms with E-state index in [1.807, 2.05) is 0 Å². The van der Waals surface area contributed by atoms with Gasteiger partial charge in [-0.2, -0.15) is 0 Å². The van der Waals surface area contributed by atoms with Crippen LogP contribution in [0, 0.1) is 17.6 Å². The zero-order valence-corrected chi connectivity index (χ0v) is 27.6. The second-order valence-corrected chi connectivity index (χ2v) is 14.6. The molecule has 4 aromatic rings. The number of halogens is 2. The summed E-state index contributed by atoms with van der Waals surface area (Å²) in [5.41, 5.74) is 1.13. The second-order valence-electron chi connectivity index (χ2n) is 12.7. The summed E-state index contributed by atoms with van der Waals surface area (Å²) in [6, 6.07) is 20.4. The van der Waals surface area contributed by atoms with Crippen molar-refractivity contribution >= 4 is 26.5 Å². The molecule has 0 aromatic heterocycles. The number of nitrogens with zero attached hydrogens (tertiary/aromatic N) is 2. The first kappa shape index (κ1) is 32.6. The number of fused-ring (bicyclic) bond motifs is 1. The van der Waals surface area contributed by atoms with Crippen LogP contribution in [0.15, 0.2) is 88.7 Å². The smallest absolute Gasteiger partial charge is 0.254 e. The van der Waals surface area contributed by atoms with Gasteiger partial charge in [-0.3, -0.25) is 4.79 Å². The van der Waals surface area contributed by atoms with Crippen molar-refractivity contribution in [3.8, 4) is 5.75 Å². The van der Waals surface area contributed by atoms with Crippen molar-refractivity contribution in [3.05, 3.63) is 102 Å². The molecule has 252 valence electrons. The Morgan fingerprint density at radius 2 is 1.44 bits per heavy atom. The standard InChI is InChI=1S/C37H38F2N2O6S/c1-45-29-7-11-31(12-8-29)48(43,44)30-9-5-25(6-10-30)37(46-21-22-47-37)26-13-17-40(18-14-26)28-15-19-41(20-16-28)36(42)33-4-2-3-32-34(33)23-27(38)24-35(32)39/h2-12,23-24,26,28H,13-22H2,1H3. The van der Waals surface area contributed by atoms with E-state index in [-0.39, 0.29) is 27.0 Å². The van der Waals surface area contributed by atoms with E-state index in [1.165, 1.54) is 25.3 Å². The van der Waals surface area contributed by atoms with Gasteiger partial charge in [-0.25, -0.2) is 17.2 Å². The number of rotatable bonds is 7. The van der Waals surface area contributed by atoms with Gasteiger partial charge in [0.25, 0.3) is 5.91 Å². The van der Waals surface area contributed by atoms with Crippen LogP contribution in [0.4, 0.5) is 8.78 Å². The molecule has 3 heterocycles. The first-order valence-electron chi connectivity index (χ1n) is 16.4. The Morgan fingerprint density at radius 3 is 2.06 bits per heavy atom. The lowest BCUT2D eigenvalue weighted by atomic mass is 9.83. The molecule has 3 aliphatic heterocycles. The van der Waals surface area contributed by atoms with E-state index in [1.54, 1.807) is 59.5 Å². The number of sulfone groups is 1. The number of piperidine rings is 2. The van der Waals surface area contributed by atoms with Crippen molar-refractivity contribution in [2.75, 3.05) is 46.5 Å². The summed E-state index contributed by atoms with van der Waals surface area (Å²) in [5, 5.41) is 0.533. The van der Waals surface area contributed by atoms with Crippen LogP contribution >= 0.6 is 0 Å². The Hall–Kier alpha value is -3.90. The van der Waals surface area contributed by atoms with E-state index in [0.717, 1.165) is 50.4 Å². The fourth-order valence-electron chi connectivity index (χ4n) is 7.57. The highest BCUT2D eigenvalue weighted by molar-refractivity contribution is 7.91. The van der Waals surface area contributed by atoms with Gasteiger partial charge >= 0.3 is 0 Å². The van der Waals surface area contributed by atoms with Gasteiger partial charge in [0.15, 0.2) is 5.79 Å². The van der Waals surface area contributed by atoms with Crippen LogP contribution in [0.2, 0.25) is 0 Å². The minimum Gasteiger partial charge on any atom is -0.497 e. The van der Waals surface area contributed by atoms with Gasteiger partial charge in [0.05, 0.1) is 30.1 Å². The van der Waals surface area contributed by atoms with E-state index in [0.29, 0.717) is 49.0 Å². The van der Waals surface area contributed by atoms with Crippen molar-refractivity contribution in [3.63, 3.8) is 0 Å². The number of hydrogen-bond donors (Lipinski definition) is 0. The maximum atomic E-state index is 14.4. The summed E-state index contributed by atoms with van der Waals surface area (Å²) in [7, 11) is -2.17. The molecule has 0 atom stereocenters. The number of methoxy groups -OCH3 is 1. The van der Waals surface area contributed by atoms with Crippen molar-refractivity contribution < 1.29 is 36.2 Å². The third-order valence-electron chi connectivity index (χ3n) is 10.1. The zero-order valence-electron chi connectivity index (χ0n) is 26.7. The molecule has 0 radical (unpaired) electrons. The predicted molar refractivity (Wildman–Crippen MR) is 176 cm³/mol. The van der Waals surface area contributed by atoms with Crippen molar-refractivity contribution in [1.29, 1.82) is 0 Å². The molecule has 3 aliphatic rings. The third-order valence-corrected chi connectivity index (χ3v) is 11.9. The molecule has 4 aromatic carbocycles. The lowest BCUT2D eigenvalue weighted by Gasteiger charge is -2.45. The van der Waals surface area contributed by atoms with Gasteiger partial charge in [-0.05, 0) is 87.3 Å². The Balaban J connectivity index is 0.987. The number of likely N-dealkylation sites (tertiary alicyclic amines) is 2. The van der Waals surface area contributed by atoms with Crippen LogP contribution < -0.4 is 4.74 Å². The quantitative estimate of drug-likeness (QED) is 0.231. The molecule has 48 heavy (non-hydrogen) atoms. The largest absolute Gasteiger partial charge is 0.497 e. The molecule has 3 saturated heterocycles. The zero-order chi connectivity index (χ0) is 33.5. The SMILES string of the molecule is COc1ccc(S(=O)(=O)c2ccc(C3(C4CCN(C5CCN(C(=O)c6cccc7c(F)cc(F)cc67)CC5)CC4)OCCO3)cc2)cc1. The molecule has 0 saturated carbocycles. The van der Waals surface area contributed by atoms with Gasteiger partial charge < -0.3 is 24.0 Å². The Morgan fingerprint density at radius 1 is 0.812 bits per heavy atom. The highest BCUT2D eigenvalue weighted by atomic mass is 32.2. The van der Waals surface area contributed by atoms with Gasteiger partial charge in [-0.1, -0.05) is 24.3 Å². The predicted octanol–water partition coefficient (Wildman–Crippen LogP) is 6.18. The average Bonchev–Trinajstić information content (AvgIpc) is 3.63. The molecule has 0 spiro atoms. The Bertz CT molecular complexity index is 1900. The maximum absolute atomic E-state index is 14.4. The lowest BCUT2D eigenvalue weighted by molar-refractivity contribution is -0.215. The van der Waals surface area contributed by atoms with Crippen molar-refractivity contribution in [2.24, 2.45) is 5.92 Å². The van der Waals surface area contributed by atoms with Crippen LogP contribution in [0.5, 0.6) is 5.75 Å². The summed E-state index contributed by atoms with van der Waals surface area (Å²) in [5.74, 6) is -1.83. The molecule has 0 N–H and O–H groups in total. The third kappa shape index (κ3) is 5.97. The van der Waals surface area contributed by atoms with E-state index in [2.05, 4.69) is 4.90 Å². The summed E-state index contributed by atoms with van der Waals surface area (Å²) in [6.07, 6.45) is 3.31. The van der Waals surface area contributed by atoms with Crippen LogP contribution in [-0.2, 0) is 25.1 Å². The Kier molecular flexibility index (Phi) is 8.97. The minimum atomic E-state index is -3.71. The lowest BCUT2D eigenvalue weighted by Crippen LogP contribution is -2.51. The van der Waals surface area contributed by atoms with E-state index >= 15 is 0 Å². The van der Waals surface area contributed by atoms with Crippen molar-refractivity contribution in [1.82, 2.24) is 9.80 Å². The fraction of sp³-hybridized carbons (Fsp3) is 0.378. The molecule has 7 rings (SSSR count). The molecule has 0 bridgehead atoms. The summed E-state index contributed by atoms with van der Waals surface area (Å²) < 4.78 is 72.7. The van der Waals surface area contributed by atoms with Gasteiger partial charge in [0, 0.05) is 53.0 Å². The van der Waals surface area contributed by atoms with Crippen LogP contribution in [-0.4, -0.2) is 76.7 Å². The monoisotopic (exact) mass is 676 g/mol. The number of carbonyl (C=O) groups excluding carboxylic acids is 1. The van der Waals surface area contributed by atoms with Crippen LogP contribution in [0.25, 0.3) is 10.8 Å². The van der Waals surface area contributed by atoms with E-state index in [9.17, 15) is 22.0 Å². The van der Waals surface area contributed by atoms with Gasteiger partial charge in [-0.15, -0.1) is 0 Å². The highest BCUT2D eigenvalue weighted by Gasteiger charge is 2.47. The molecule has 1 amide bonds. The minimum absolute atomic E-state index is 0.0918. The van der Waals surface area contributed by atoms with Crippen LogP contribution in [0.3, 0.4) is 0 Å². The van der Waals surface area contributed by atoms with Gasteiger partial charge in [0.1, 0.15) is 17.4 Å². The summed E-state index contributed by atoms with van der Waals surface area (Å²) in [4.78, 5) is 18.1. The average molecular weight is 677 g/mol. The molecular weight excluding hydrogens is 638 g/mol. The second kappa shape index (κ2) is 13.2. The molecule has 3 fully saturated rings. The van der Waals surface area contributed by atoms with E-state index in [4.69, 9.17) is 14.2 Å². The first-order chi connectivity index (χ1) is 23.2. The fourth-order valence-corrected chi connectivity index (χ4v) is 8.83. The molecule has 0 unspecified atom stereocenters. The van der Waals surface area contributed by atoms with Crippen molar-refractivity contribution in [2.45, 2.75) is 47.3 Å². The number of carbonyl (C=O) groups is 1. The summed E-state index contributed by atoms with van der Waals surface area (Å²) >= 11 is 0. The Labute approximate surface area is 279 Å². The number of hydrogen-bond acceptors (Lipinski definition) is 7. The molecule has 8 nitrogen and oxygen atoms in total. The number of ether oxygens (including phenoxy) is 3. The van der Waals surface area contributed by atoms with Crippen LogP contribution in [0.1, 0.15) is 41.6 Å². The number of benzene rings is 4. The normalized spacial score (nSPS) is 19.5. The highest BCUT2D eigenvalue weighted by Crippen LogP contribution is 2.44. The summed E-state index contributed by atoms with van der Waals surface area (Å²) in [6.45, 7) is 3.77. The molecule has 11 heteroatoms. The number of amides is 1. The molecule has 0 aliphatic carbocycles. The molecular formula is C37H38F2N2O6S. The van der Waals surface area contributed by atoms with E-state index < -0.39 is 27.3 Å². The van der Waals surface area contributed by atoms with Gasteiger partial charge in [0.2, 0.25) is 9.84 Å². The first-order valence-corrected chi connectivity index (χ1v) is 17.9. The maximum Gasteiger partial charge on any atom is 0.254 e. The topological polar surface area (TPSA) is 85.4 Å².